The van der Waals surface area contributed by atoms with Gasteiger partial charge in [-0.3, -0.25) is 14.9 Å². The summed E-state index contributed by atoms with van der Waals surface area (Å²) in [5.41, 5.74) is 0.362. The van der Waals surface area contributed by atoms with E-state index < -0.39 is 10.8 Å². The number of hydrogen-bond acceptors (Lipinski definition) is 4. The van der Waals surface area contributed by atoms with Gasteiger partial charge in [0, 0.05) is 23.4 Å². The van der Waals surface area contributed by atoms with Gasteiger partial charge in [0.2, 0.25) is 0 Å². The van der Waals surface area contributed by atoms with Crippen LogP contribution < -0.4 is 10.1 Å². The molecule has 0 unspecified atom stereocenters. The maximum atomic E-state index is 12.1. The number of nitrogens with one attached hydrogen (secondary N) is 1. The normalized spacial score (nSPS) is 10.0. The Labute approximate surface area is 125 Å². The number of hydrogen-bond donors (Lipinski definition) is 1. The molecule has 0 spiro atoms. The van der Waals surface area contributed by atoms with E-state index in [1.165, 1.54) is 19.2 Å². The Morgan fingerprint density at radius 2 is 2.05 bits per heavy atom. The lowest BCUT2D eigenvalue weighted by Gasteiger charge is -2.07. The molecule has 2 aromatic rings. The molecule has 2 aromatic carbocycles. The predicted octanol–water partition coefficient (Wildman–Crippen LogP) is 3.51. The van der Waals surface area contributed by atoms with E-state index in [-0.39, 0.29) is 16.3 Å². The summed E-state index contributed by atoms with van der Waals surface area (Å²) in [6, 6.07) is 10.7. The second-order valence-electron chi connectivity index (χ2n) is 4.11. The number of nitro groups is 1. The maximum Gasteiger partial charge on any atom is 0.288 e. The Balaban J connectivity index is 2.24. The largest absolute Gasteiger partial charge is 0.497 e. The van der Waals surface area contributed by atoms with Gasteiger partial charge in [-0.25, -0.2) is 0 Å². The van der Waals surface area contributed by atoms with Gasteiger partial charge in [0.05, 0.1) is 12.0 Å². The quantitative estimate of drug-likeness (QED) is 0.692. The fraction of sp³-hybridized carbons (Fsp3) is 0.0714. The highest BCUT2D eigenvalue weighted by Crippen LogP contribution is 2.25. The van der Waals surface area contributed by atoms with E-state index >= 15 is 0 Å². The summed E-state index contributed by atoms with van der Waals surface area (Å²) in [4.78, 5) is 22.3. The van der Waals surface area contributed by atoms with E-state index in [4.69, 9.17) is 16.3 Å². The lowest BCUT2D eigenvalue weighted by molar-refractivity contribution is -0.384. The number of nitrogens with zero attached hydrogens (tertiary/aromatic N) is 1. The van der Waals surface area contributed by atoms with Crippen LogP contribution in [0.3, 0.4) is 0 Å². The molecule has 0 saturated heterocycles. The molecule has 0 heterocycles. The molecule has 0 aliphatic heterocycles. The number of nitro benzene ring substituents is 1. The average molecular weight is 307 g/mol. The number of amides is 1. The molecule has 0 fully saturated rings. The summed E-state index contributed by atoms with van der Waals surface area (Å²) in [5.74, 6) is 0.123. The Bertz CT molecular complexity index is 703. The SMILES string of the molecule is COc1cccc(NC(=O)c2ccc(Cl)c([N+](=O)[O-])c2)c1. The van der Waals surface area contributed by atoms with Crippen molar-refractivity contribution in [2.24, 2.45) is 0 Å². The lowest BCUT2D eigenvalue weighted by Crippen LogP contribution is -2.12. The number of rotatable bonds is 4. The lowest BCUT2D eigenvalue weighted by atomic mass is 10.2. The minimum absolute atomic E-state index is 0.0158. The first-order valence-corrected chi connectivity index (χ1v) is 6.28. The third kappa shape index (κ3) is 3.49. The first-order chi connectivity index (χ1) is 10.0. The van der Waals surface area contributed by atoms with Gasteiger partial charge in [0.15, 0.2) is 0 Å². The van der Waals surface area contributed by atoms with Gasteiger partial charge < -0.3 is 10.1 Å². The van der Waals surface area contributed by atoms with Crippen LogP contribution in [0, 0.1) is 10.1 Å². The van der Waals surface area contributed by atoms with Gasteiger partial charge in [-0.2, -0.15) is 0 Å². The van der Waals surface area contributed by atoms with Gasteiger partial charge >= 0.3 is 0 Å². The standard InChI is InChI=1S/C14H11ClN2O4/c1-21-11-4-2-3-10(8-11)16-14(18)9-5-6-12(15)13(7-9)17(19)20/h2-8H,1H3,(H,16,18). The first-order valence-electron chi connectivity index (χ1n) is 5.90. The Morgan fingerprint density at radius 3 is 2.71 bits per heavy atom. The molecule has 0 aliphatic carbocycles. The molecule has 0 saturated carbocycles. The van der Waals surface area contributed by atoms with E-state index in [0.29, 0.717) is 11.4 Å². The van der Waals surface area contributed by atoms with Crippen LogP contribution in [-0.2, 0) is 0 Å². The zero-order valence-electron chi connectivity index (χ0n) is 11.0. The third-order valence-corrected chi connectivity index (χ3v) is 3.05. The van der Waals surface area contributed by atoms with Crippen molar-refractivity contribution in [3.05, 3.63) is 63.2 Å². The highest BCUT2D eigenvalue weighted by Gasteiger charge is 2.16. The van der Waals surface area contributed by atoms with E-state index in [0.717, 1.165) is 6.07 Å². The molecule has 0 atom stereocenters. The van der Waals surface area contributed by atoms with E-state index in [1.54, 1.807) is 24.3 Å². The Morgan fingerprint density at radius 1 is 1.29 bits per heavy atom. The van der Waals surface area contributed by atoms with Crippen LogP contribution in [0.2, 0.25) is 5.02 Å². The highest BCUT2D eigenvalue weighted by molar-refractivity contribution is 6.32. The molecular formula is C14H11ClN2O4. The van der Waals surface area contributed by atoms with E-state index in [1.807, 2.05) is 0 Å². The number of carbonyl (C=O) groups excluding carboxylic acids is 1. The molecule has 0 radical (unpaired) electrons. The number of methoxy groups -OCH3 is 1. The Kier molecular flexibility index (Phi) is 4.39. The number of halogens is 1. The molecule has 1 amide bonds. The molecule has 1 N–H and O–H groups in total. The molecule has 0 aliphatic rings. The second-order valence-corrected chi connectivity index (χ2v) is 4.52. The molecule has 7 heteroatoms. The van der Waals surface area contributed by atoms with Gasteiger partial charge in [0.1, 0.15) is 10.8 Å². The van der Waals surface area contributed by atoms with E-state index in [2.05, 4.69) is 5.32 Å². The number of carbonyl (C=O) groups is 1. The minimum Gasteiger partial charge on any atom is -0.497 e. The van der Waals surface area contributed by atoms with E-state index in [9.17, 15) is 14.9 Å². The van der Waals surface area contributed by atoms with Crippen molar-refractivity contribution in [2.75, 3.05) is 12.4 Å². The summed E-state index contributed by atoms with van der Waals surface area (Å²) >= 11 is 5.71. The van der Waals surface area contributed by atoms with Crippen LogP contribution >= 0.6 is 11.6 Å². The monoisotopic (exact) mass is 306 g/mol. The van der Waals surface area contributed by atoms with Gasteiger partial charge in [0.25, 0.3) is 11.6 Å². The van der Waals surface area contributed by atoms with Crippen molar-refractivity contribution in [2.45, 2.75) is 0 Å². The van der Waals surface area contributed by atoms with Gasteiger partial charge in [-0.05, 0) is 24.3 Å². The van der Waals surface area contributed by atoms with Crippen molar-refractivity contribution in [1.82, 2.24) is 0 Å². The maximum absolute atomic E-state index is 12.1. The highest BCUT2D eigenvalue weighted by atomic mass is 35.5. The van der Waals surface area contributed by atoms with Crippen LogP contribution in [0.4, 0.5) is 11.4 Å². The minimum atomic E-state index is -0.634. The smallest absolute Gasteiger partial charge is 0.288 e. The fourth-order valence-electron chi connectivity index (χ4n) is 1.70. The summed E-state index contributed by atoms with van der Waals surface area (Å²) in [7, 11) is 1.52. The second kappa shape index (κ2) is 6.23. The average Bonchev–Trinajstić information content (AvgIpc) is 2.47. The van der Waals surface area contributed by atoms with Gasteiger partial charge in [-0.15, -0.1) is 0 Å². The van der Waals surface area contributed by atoms with Crippen LogP contribution in [0.25, 0.3) is 0 Å². The molecule has 108 valence electrons. The van der Waals surface area contributed by atoms with Crippen molar-refractivity contribution in [1.29, 1.82) is 0 Å². The number of anilines is 1. The zero-order valence-corrected chi connectivity index (χ0v) is 11.8. The number of ether oxygens (including phenoxy) is 1. The predicted molar refractivity (Wildman–Crippen MR) is 79.1 cm³/mol. The first kappa shape index (κ1) is 14.8. The third-order valence-electron chi connectivity index (χ3n) is 2.73. The van der Waals surface area contributed by atoms with Crippen molar-refractivity contribution >= 4 is 28.9 Å². The molecule has 0 aromatic heterocycles. The molecule has 2 rings (SSSR count). The van der Waals surface area contributed by atoms with Crippen molar-refractivity contribution in [3.8, 4) is 5.75 Å². The summed E-state index contributed by atoms with van der Waals surface area (Å²) in [6.07, 6.45) is 0. The Hall–Kier alpha value is -2.60. The molecule has 21 heavy (non-hydrogen) atoms. The van der Waals surface area contributed by atoms with Crippen LogP contribution in [0.15, 0.2) is 42.5 Å². The summed E-state index contributed by atoms with van der Waals surface area (Å²) in [5, 5.41) is 13.4. The van der Waals surface area contributed by atoms with Crippen molar-refractivity contribution in [3.63, 3.8) is 0 Å². The zero-order chi connectivity index (χ0) is 15.4. The number of benzene rings is 2. The van der Waals surface area contributed by atoms with Gasteiger partial charge in [-0.1, -0.05) is 17.7 Å². The molecule has 6 nitrogen and oxygen atoms in total. The van der Waals surface area contributed by atoms with Crippen molar-refractivity contribution < 1.29 is 14.5 Å². The summed E-state index contributed by atoms with van der Waals surface area (Å²) in [6.45, 7) is 0. The molecule has 0 bridgehead atoms. The molecular weight excluding hydrogens is 296 g/mol. The van der Waals surface area contributed by atoms with Crippen LogP contribution in [0.1, 0.15) is 10.4 Å². The summed E-state index contributed by atoms with van der Waals surface area (Å²) < 4.78 is 5.05. The fourth-order valence-corrected chi connectivity index (χ4v) is 1.88. The van der Waals surface area contributed by atoms with Crippen LogP contribution in [0.5, 0.6) is 5.75 Å². The van der Waals surface area contributed by atoms with Crippen LogP contribution in [-0.4, -0.2) is 17.9 Å². The topological polar surface area (TPSA) is 81.5 Å².